The number of benzene rings is 3. The Hall–Kier alpha value is -3.91. The van der Waals surface area contributed by atoms with E-state index in [1.807, 2.05) is 97.3 Å². The lowest BCUT2D eigenvalue weighted by atomic mass is 10.1. The summed E-state index contributed by atoms with van der Waals surface area (Å²) in [6.07, 6.45) is 0. The van der Waals surface area contributed by atoms with Crippen LogP contribution in [0, 0.1) is 6.92 Å². The summed E-state index contributed by atoms with van der Waals surface area (Å²) in [5, 5.41) is 13.6. The molecular formula is C26H25N5O2S. The van der Waals surface area contributed by atoms with Gasteiger partial charge in [0.25, 0.3) is 5.91 Å². The van der Waals surface area contributed by atoms with Gasteiger partial charge in [-0.1, -0.05) is 71.9 Å². The van der Waals surface area contributed by atoms with Gasteiger partial charge < -0.3 is 4.74 Å². The van der Waals surface area contributed by atoms with Crippen LogP contribution in [0.2, 0.25) is 0 Å². The molecule has 0 saturated heterocycles. The zero-order valence-electron chi connectivity index (χ0n) is 19.2. The molecule has 0 bridgehead atoms. The van der Waals surface area contributed by atoms with Crippen molar-refractivity contribution in [3.8, 4) is 22.8 Å². The summed E-state index contributed by atoms with van der Waals surface area (Å²) < 4.78 is 7.22. The SMILES string of the molecule is COc1cccc(C(C)=NNC(=O)CSc2nnc(-c3ccccc3)n2-c2ccc(C)cc2)c1. The number of methoxy groups -OCH3 is 1. The van der Waals surface area contributed by atoms with E-state index in [1.54, 1.807) is 7.11 Å². The monoisotopic (exact) mass is 471 g/mol. The van der Waals surface area contributed by atoms with Crippen molar-refractivity contribution in [2.75, 3.05) is 12.9 Å². The van der Waals surface area contributed by atoms with Crippen molar-refractivity contribution in [1.29, 1.82) is 0 Å². The molecule has 4 rings (SSSR count). The summed E-state index contributed by atoms with van der Waals surface area (Å²) >= 11 is 1.31. The zero-order chi connectivity index (χ0) is 23.9. The number of nitrogens with zero attached hydrogens (tertiary/aromatic N) is 4. The van der Waals surface area contributed by atoms with E-state index < -0.39 is 0 Å². The molecule has 1 amide bonds. The Bertz CT molecular complexity index is 1300. The number of carbonyl (C=O) groups is 1. The van der Waals surface area contributed by atoms with E-state index in [2.05, 4.69) is 20.7 Å². The van der Waals surface area contributed by atoms with Crippen LogP contribution in [0.25, 0.3) is 17.1 Å². The van der Waals surface area contributed by atoms with Gasteiger partial charge >= 0.3 is 0 Å². The predicted octanol–water partition coefficient (Wildman–Crippen LogP) is 4.88. The summed E-state index contributed by atoms with van der Waals surface area (Å²) in [5.74, 6) is 1.37. The highest BCUT2D eigenvalue weighted by molar-refractivity contribution is 7.99. The topological polar surface area (TPSA) is 81.4 Å². The fraction of sp³-hybridized carbons (Fsp3) is 0.154. The number of aryl methyl sites for hydroxylation is 1. The summed E-state index contributed by atoms with van der Waals surface area (Å²) in [6.45, 7) is 3.88. The third kappa shape index (κ3) is 5.52. The van der Waals surface area contributed by atoms with Gasteiger partial charge in [0.1, 0.15) is 5.75 Å². The number of hydrazone groups is 1. The van der Waals surface area contributed by atoms with Gasteiger partial charge in [0.05, 0.1) is 18.6 Å². The van der Waals surface area contributed by atoms with E-state index in [9.17, 15) is 4.79 Å². The first-order valence-electron chi connectivity index (χ1n) is 10.7. The van der Waals surface area contributed by atoms with Crippen molar-refractivity contribution in [2.24, 2.45) is 5.10 Å². The number of amides is 1. The Balaban J connectivity index is 1.51. The fourth-order valence-corrected chi connectivity index (χ4v) is 4.03. The van der Waals surface area contributed by atoms with Gasteiger partial charge in [0.2, 0.25) is 0 Å². The van der Waals surface area contributed by atoms with Crippen LogP contribution in [0.1, 0.15) is 18.1 Å². The molecule has 7 nitrogen and oxygen atoms in total. The minimum atomic E-state index is -0.230. The third-order valence-electron chi connectivity index (χ3n) is 5.13. The Kier molecular flexibility index (Phi) is 7.39. The third-order valence-corrected chi connectivity index (χ3v) is 6.05. The molecule has 34 heavy (non-hydrogen) atoms. The first kappa shape index (κ1) is 23.3. The van der Waals surface area contributed by atoms with E-state index in [0.717, 1.165) is 34.0 Å². The standard InChI is InChI=1S/C26H25N5O2S/c1-18-12-14-22(15-13-18)31-25(20-8-5-4-6-9-20)29-30-26(31)34-17-24(32)28-27-19(2)21-10-7-11-23(16-21)33-3/h4-16H,17H2,1-3H3,(H,28,32). The van der Waals surface area contributed by atoms with Crippen LogP contribution >= 0.6 is 11.8 Å². The first-order chi connectivity index (χ1) is 16.5. The normalized spacial score (nSPS) is 11.3. The van der Waals surface area contributed by atoms with Crippen molar-refractivity contribution in [3.05, 3.63) is 90.0 Å². The van der Waals surface area contributed by atoms with Crippen molar-refractivity contribution in [1.82, 2.24) is 20.2 Å². The maximum absolute atomic E-state index is 12.5. The second kappa shape index (κ2) is 10.8. The molecule has 1 N–H and O–H groups in total. The molecule has 0 spiro atoms. The molecule has 0 aliphatic heterocycles. The first-order valence-corrected chi connectivity index (χ1v) is 11.7. The number of aromatic nitrogens is 3. The lowest BCUT2D eigenvalue weighted by molar-refractivity contribution is -0.118. The number of ether oxygens (including phenoxy) is 1. The fourth-order valence-electron chi connectivity index (χ4n) is 3.29. The van der Waals surface area contributed by atoms with Crippen molar-refractivity contribution >= 4 is 23.4 Å². The average Bonchev–Trinajstić information content (AvgIpc) is 3.31. The van der Waals surface area contributed by atoms with Gasteiger partial charge in [0.15, 0.2) is 11.0 Å². The number of nitrogens with one attached hydrogen (secondary N) is 1. The summed E-state index contributed by atoms with van der Waals surface area (Å²) in [5.41, 5.74) is 7.23. The minimum Gasteiger partial charge on any atom is -0.497 e. The van der Waals surface area contributed by atoms with Crippen LogP contribution < -0.4 is 10.2 Å². The lowest BCUT2D eigenvalue weighted by Gasteiger charge is -2.10. The molecule has 3 aromatic carbocycles. The highest BCUT2D eigenvalue weighted by Gasteiger charge is 2.17. The number of hydrogen-bond donors (Lipinski definition) is 1. The molecule has 4 aromatic rings. The van der Waals surface area contributed by atoms with Crippen LogP contribution in [0.15, 0.2) is 89.1 Å². The molecule has 0 aliphatic carbocycles. The maximum atomic E-state index is 12.5. The number of thioether (sulfide) groups is 1. The Morgan fingerprint density at radius 3 is 2.53 bits per heavy atom. The molecule has 0 radical (unpaired) electrons. The Labute approximate surface area is 202 Å². The van der Waals surface area contributed by atoms with Crippen molar-refractivity contribution < 1.29 is 9.53 Å². The summed E-state index contributed by atoms with van der Waals surface area (Å²) in [7, 11) is 1.61. The molecular weight excluding hydrogens is 446 g/mol. The average molecular weight is 472 g/mol. The smallest absolute Gasteiger partial charge is 0.250 e. The highest BCUT2D eigenvalue weighted by atomic mass is 32.2. The van der Waals surface area contributed by atoms with Crippen LogP contribution in [0.5, 0.6) is 5.75 Å². The van der Waals surface area contributed by atoms with Gasteiger partial charge in [-0.15, -0.1) is 10.2 Å². The van der Waals surface area contributed by atoms with Crippen LogP contribution in [-0.4, -0.2) is 39.2 Å². The highest BCUT2D eigenvalue weighted by Crippen LogP contribution is 2.28. The van der Waals surface area contributed by atoms with E-state index >= 15 is 0 Å². The molecule has 0 unspecified atom stereocenters. The lowest BCUT2D eigenvalue weighted by Crippen LogP contribution is -2.21. The molecule has 0 saturated carbocycles. The number of hydrogen-bond acceptors (Lipinski definition) is 6. The zero-order valence-corrected chi connectivity index (χ0v) is 20.0. The Morgan fingerprint density at radius 1 is 1.03 bits per heavy atom. The van der Waals surface area contributed by atoms with E-state index in [0.29, 0.717) is 10.9 Å². The van der Waals surface area contributed by atoms with E-state index in [1.165, 1.54) is 11.8 Å². The number of carbonyl (C=O) groups excluding carboxylic acids is 1. The minimum absolute atomic E-state index is 0.147. The van der Waals surface area contributed by atoms with Crippen molar-refractivity contribution in [2.45, 2.75) is 19.0 Å². The molecule has 0 aliphatic rings. The van der Waals surface area contributed by atoms with Crippen molar-refractivity contribution in [3.63, 3.8) is 0 Å². The van der Waals surface area contributed by atoms with E-state index in [-0.39, 0.29) is 11.7 Å². The van der Waals surface area contributed by atoms with Gasteiger partial charge in [-0.05, 0) is 38.1 Å². The quantitative estimate of drug-likeness (QED) is 0.225. The van der Waals surface area contributed by atoms with Crippen LogP contribution in [0.4, 0.5) is 0 Å². The largest absolute Gasteiger partial charge is 0.497 e. The van der Waals surface area contributed by atoms with Gasteiger partial charge in [0, 0.05) is 16.8 Å². The molecule has 0 atom stereocenters. The molecule has 172 valence electrons. The summed E-state index contributed by atoms with van der Waals surface area (Å²) in [4.78, 5) is 12.5. The molecule has 1 aromatic heterocycles. The second-order valence-electron chi connectivity index (χ2n) is 7.60. The van der Waals surface area contributed by atoms with Crippen LogP contribution in [0.3, 0.4) is 0 Å². The van der Waals surface area contributed by atoms with Crippen LogP contribution in [-0.2, 0) is 4.79 Å². The van der Waals surface area contributed by atoms with Gasteiger partial charge in [-0.3, -0.25) is 9.36 Å². The second-order valence-corrected chi connectivity index (χ2v) is 8.54. The maximum Gasteiger partial charge on any atom is 0.250 e. The molecule has 0 fully saturated rings. The molecule has 8 heteroatoms. The van der Waals surface area contributed by atoms with E-state index in [4.69, 9.17) is 4.74 Å². The molecule has 1 heterocycles. The Morgan fingerprint density at radius 2 is 1.79 bits per heavy atom. The van der Waals surface area contributed by atoms with Gasteiger partial charge in [-0.25, -0.2) is 5.43 Å². The van der Waals surface area contributed by atoms with Gasteiger partial charge in [-0.2, -0.15) is 5.10 Å². The predicted molar refractivity (Wildman–Crippen MR) is 136 cm³/mol. The number of rotatable bonds is 8. The summed E-state index contributed by atoms with van der Waals surface area (Å²) in [6, 6.07) is 25.5.